The van der Waals surface area contributed by atoms with Crippen LogP contribution in [0.3, 0.4) is 0 Å². The van der Waals surface area contributed by atoms with Gasteiger partial charge in [0.1, 0.15) is 5.75 Å². The summed E-state index contributed by atoms with van der Waals surface area (Å²) in [6.07, 6.45) is 0. The summed E-state index contributed by atoms with van der Waals surface area (Å²) in [7, 11) is 1.51. The maximum Gasteiger partial charge on any atom is 0.262 e. The number of nitrogens with one attached hydrogen (secondary N) is 2. The Morgan fingerprint density at radius 2 is 2.20 bits per heavy atom. The van der Waals surface area contributed by atoms with E-state index in [0.29, 0.717) is 27.9 Å². The predicted molar refractivity (Wildman–Crippen MR) is 91.2 cm³/mol. The topological polar surface area (TPSA) is 110 Å². The van der Waals surface area contributed by atoms with Crippen molar-refractivity contribution in [1.82, 2.24) is 9.97 Å². The number of hydrogen-bond donors (Lipinski definition) is 2. The zero-order valence-corrected chi connectivity index (χ0v) is 14.1. The van der Waals surface area contributed by atoms with Crippen molar-refractivity contribution in [2.75, 3.05) is 24.8 Å². The molecule has 1 aliphatic heterocycles. The highest BCUT2D eigenvalue weighted by Gasteiger charge is 2.18. The summed E-state index contributed by atoms with van der Waals surface area (Å²) in [5.41, 5.74) is 1.11. The third-order valence-corrected chi connectivity index (χ3v) is 4.21. The summed E-state index contributed by atoms with van der Waals surface area (Å²) < 4.78 is 10.2. The number of ether oxygens (including phenoxy) is 2. The van der Waals surface area contributed by atoms with Gasteiger partial charge in [0.2, 0.25) is 0 Å². The second-order valence-electron chi connectivity index (χ2n) is 5.23. The average molecular weight is 361 g/mol. The lowest BCUT2D eigenvalue weighted by atomic mass is 10.1. The third-order valence-electron chi connectivity index (χ3n) is 3.34. The minimum absolute atomic E-state index is 0.0347. The van der Waals surface area contributed by atoms with Gasteiger partial charge in [0.25, 0.3) is 11.5 Å². The number of ketones is 1. The molecule has 1 aromatic carbocycles. The Morgan fingerprint density at radius 3 is 3.00 bits per heavy atom. The number of Topliss-reactive ketones (excluding diaryl/α,β-unsaturated/α-hetero) is 1. The maximum atomic E-state index is 12.4. The van der Waals surface area contributed by atoms with E-state index in [1.165, 1.54) is 13.2 Å². The number of H-pyrrole nitrogens is 1. The fourth-order valence-corrected chi connectivity index (χ4v) is 3.04. The SMILES string of the molecule is COCc1cc(=O)[nH]c(SCC(=O)c2ccc3c(c2)NC(=O)CO3)n1. The van der Waals surface area contributed by atoms with Crippen LogP contribution < -0.4 is 15.6 Å². The van der Waals surface area contributed by atoms with E-state index in [-0.39, 0.29) is 36.2 Å². The first kappa shape index (κ1) is 17.2. The number of aromatic nitrogens is 2. The molecule has 0 radical (unpaired) electrons. The van der Waals surface area contributed by atoms with Crippen molar-refractivity contribution in [3.8, 4) is 5.75 Å². The Morgan fingerprint density at radius 1 is 1.36 bits per heavy atom. The summed E-state index contributed by atoms with van der Waals surface area (Å²) in [6, 6.07) is 6.21. The van der Waals surface area contributed by atoms with Gasteiger partial charge in [-0.05, 0) is 18.2 Å². The van der Waals surface area contributed by atoms with Crippen molar-refractivity contribution in [2.45, 2.75) is 11.8 Å². The molecule has 2 N–H and O–H groups in total. The van der Waals surface area contributed by atoms with Crippen LogP contribution in [0.25, 0.3) is 0 Å². The van der Waals surface area contributed by atoms with Crippen molar-refractivity contribution < 1.29 is 19.1 Å². The molecule has 8 nitrogen and oxygen atoms in total. The smallest absolute Gasteiger partial charge is 0.262 e. The van der Waals surface area contributed by atoms with E-state index in [0.717, 1.165) is 11.8 Å². The van der Waals surface area contributed by atoms with Crippen LogP contribution in [0.4, 0.5) is 5.69 Å². The molecule has 130 valence electrons. The molecule has 0 bridgehead atoms. The highest BCUT2D eigenvalue weighted by molar-refractivity contribution is 7.99. The van der Waals surface area contributed by atoms with Crippen LogP contribution in [0, 0.1) is 0 Å². The molecule has 1 amide bonds. The van der Waals surface area contributed by atoms with Crippen LogP contribution in [0.5, 0.6) is 5.75 Å². The Hall–Kier alpha value is -2.65. The van der Waals surface area contributed by atoms with Gasteiger partial charge >= 0.3 is 0 Å². The molecule has 2 aromatic rings. The number of rotatable bonds is 6. The van der Waals surface area contributed by atoms with E-state index in [9.17, 15) is 14.4 Å². The molecular weight excluding hydrogens is 346 g/mol. The summed E-state index contributed by atoms with van der Waals surface area (Å²) in [6.45, 7) is 0.183. The third kappa shape index (κ3) is 4.25. The largest absolute Gasteiger partial charge is 0.482 e. The van der Waals surface area contributed by atoms with Gasteiger partial charge in [-0.25, -0.2) is 4.98 Å². The number of hydrogen-bond acceptors (Lipinski definition) is 7. The lowest BCUT2D eigenvalue weighted by Crippen LogP contribution is -2.25. The first-order chi connectivity index (χ1) is 12.0. The number of aromatic amines is 1. The van der Waals surface area contributed by atoms with E-state index < -0.39 is 0 Å². The van der Waals surface area contributed by atoms with Crippen LogP contribution in [0.15, 0.2) is 34.2 Å². The van der Waals surface area contributed by atoms with Gasteiger partial charge in [-0.3, -0.25) is 14.4 Å². The molecule has 1 aliphatic rings. The minimum atomic E-state index is -0.300. The first-order valence-electron chi connectivity index (χ1n) is 7.37. The Bertz CT molecular complexity index is 880. The standard InChI is InChI=1S/C16H15N3O5S/c1-23-6-10-5-14(21)19-16(17-10)25-8-12(20)9-2-3-13-11(4-9)18-15(22)7-24-13/h2-5H,6-8H2,1H3,(H,18,22)(H,17,19,21). The number of carbonyl (C=O) groups excluding carboxylic acids is 2. The second-order valence-corrected chi connectivity index (χ2v) is 6.20. The lowest BCUT2D eigenvalue weighted by molar-refractivity contribution is -0.118. The van der Waals surface area contributed by atoms with E-state index >= 15 is 0 Å². The minimum Gasteiger partial charge on any atom is -0.482 e. The van der Waals surface area contributed by atoms with Crippen molar-refractivity contribution in [2.24, 2.45) is 0 Å². The molecule has 0 spiro atoms. The van der Waals surface area contributed by atoms with Gasteiger partial charge in [0, 0.05) is 18.7 Å². The Kier molecular flexibility index (Phi) is 5.15. The number of methoxy groups -OCH3 is 1. The maximum absolute atomic E-state index is 12.4. The number of thioether (sulfide) groups is 1. The number of amides is 1. The van der Waals surface area contributed by atoms with Gasteiger partial charge in [0.15, 0.2) is 17.5 Å². The zero-order chi connectivity index (χ0) is 17.8. The van der Waals surface area contributed by atoms with Crippen LogP contribution in [0.2, 0.25) is 0 Å². The van der Waals surface area contributed by atoms with Crippen molar-refractivity contribution >= 4 is 29.1 Å². The number of anilines is 1. The zero-order valence-electron chi connectivity index (χ0n) is 13.3. The Labute approximate surface area is 146 Å². The van der Waals surface area contributed by atoms with E-state index in [2.05, 4.69) is 15.3 Å². The van der Waals surface area contributed by atoms with E-state index in [1.54, 1.807) is 18.2 Å². The number of fused-ring (bicyclic) bond motifs is 1. The fraction of sp³-hybridized carbons (Fsp3) is 0.250. The summed E-state index contributed by atoms with van der Waals surface area (Å²) >= 11 is 1.13. The van der Waals surface area contributed by atoms with Gasteiger partial charge in [-0.1, -0.05) is 11.8 Å². The van der Waals surface area contributed by atoms with Crippen LogP contribution in [-0.4, -0.2) is 41.1 Å². The van der Waals surface area contributed by atoms with Crippen molar-refractivity contribution in [3.05, 3.63) is 45.9 Å². The molecular formula is C16H15N3O5S. The highest BCUT2D eigenvalue weighted by Crippen LogP contribution is 2.29. The highest BCUT2D eigenvalue weighted by atomic mass is 32.2. The number of nitrogens with zero attached hydrogens (tertiary/aromatic N) is 1. The van der Waals surface area contributed by atoms with Crippen LogP contribution >= 0.6 is 11.8 Å². The summed E-state index contributed by atoms with van der Waals surface area (Å²) in [5.74, 6) is 0.199. The molecule has 1 aromatic heterocycles. The molecule has 0 fully saturated rings. The second kappa shape index (κ2) is 7.49. The summed E-state index contributed by atoms with van der Waals surface area (Å²) in [5, 5.41) is 3.01. The quantitative estimate of drug-likeness (QED) is 0.452. The van der Waals surface area contributed by atoms with Gasteiger partial charge in [0.05, 0.1) is 23.7 Å². The average Bonchev–Trinajstić information content (AvgIpc) is 2.59. The molecule has 25 heavy (non-hydrogen) atoms. The Balaban J connectivity index is 1.70. The van der Waals surface area contributed by atoms with Crippen LogP contribution in [0.1, 0.15) is 16.1 Å². The van der Waals surface area contributed by atoms with Crippen LogP contribution in [-0.2, 0) is 16.1 Å². The van der Waals surface area contributed by atoms with Gasteiger partial charge < -0.3 is 19.8 Å². The molecule has 3 rings (SSSR count). The summed E-state index contributed by atoms with van der Waals surface area (Å²) in [4.78, 5) is 42.1. The van der Waals surface area contributed by atoms with Crippen molar-refractivity contribution in [3.63, 3.8) is 0 Å². The first-order valence-corrected chi connectivity index (χ1v) is 8.35. The lowest BCUT2D eigenvalue weighted by Gasteiger charge is -2.18. The fourth-order valence-electron chi connectivity index (χ4n) is 2.25. The number of benzene rings is 1. The van der Waals surface area contributed by atoms with Gasteiger partial charge in [-0.15, -0.1) is 0 Å². The molecule has 2 heterocycles. The predicted octanol–water partition coefficient (Wildman–Crippen LogP) is 1.22. The van der Waals surface area contributed by atoms with Gasteiger partial charge in [-0.2, -0.15) is 0 Å². The molecule has 0 atom stereocenters. The molecule has 0 saturated carbocycles. The molecule has 0 saturated heterocycles. The number of carbonyl (C=O) groups is 2. The normalized spacial score (nSPS) is 12.9. The van der Waals surface area contributed by atoms with Crippen molar-refractivity contribution in [1.29, 1.82) is 0 Å². The monoisotopic (exact) mass is 361 g/mol. The van der Waals surface area contributed by atoms with E-state index in [4.69, 9.17) is 9.47 Å². The molecule has 9 heteroatoms. The molecule has 0 aliphatic carbocycles. The molecule has 0 unspecified atom stereocenters. The van der Waals surface area contributed by atoms with E-state index in [1.807, 2.05) is 0 Å².